The Labute approximate surface area is 116 Å². The Morgan fingerprint density at radius 1 is 1.30 bits per heavy atom. The summed E-state index contributed by atoms with van der Waals surface area (Å²) in [5, 5.41) is 9.36. The third-order valence-electron chi connectivity index (χ3n) is 4.09. The van der Waals surface area contributed by atoms with Gasteiger partial charge in [-0.1, -0.05) is 32.1 Å². The number of hydrogen-bond donors (Lipinski definition) is 2. The highest BCUT2D eigenvalue weighted by Crippen LogP contribution is 2.36. The van der Waals surface area contributed by atoms with E-state index in [9.17, 15) is 18.7 Å². The summed E-state index contributed by atoms with van der Waals surface area (Å²) in [6.45, 7) is 0. The van der Waals surface area contributed by atoms with Gasteiger partial charge in [0.1, 0.15) is 11.6 Å². The van der Waals surface area contributed by atoms with Crippen LogP contribution in [-0.2, 0) is 4.79 Å². The lowest BCUT2D eigenvalue weighted by atomic mass is 9.80. The number of carboxylic acids is 1. The van der Waals surface area contributed by atoms with E-state index < -0.39 is 23.5 Å². The molecule has 0 heterocycles. The molecule has 3 nitrogen and oxygen atoms in total. The van der Waals surface area contributed by atoms with E-state index in [0.717, 1.165) is 31.7 Å². The Morgan fingerprint density at radius 3 is 2.55 bits per heavy atom. The van der Waals surface area contributed by atoms with Crippen molar-refractivity contribution in [3.8, 4) is 0 Å². The van der Waals surface area contributed by atoms with Gasteiger partial charge in [-0.2, -0.15) is 0 Å². The van der Waals surface area contributed by atoms with Crippen LogP contribution in [0.4, 0.5) is 14.5 Å². The molecule has 0 bridgehead atoms. The van der Waals surface area contributed by atoms with Crippen molar-refractivity contribution in [3.05, 3.63) is 29.3 Å². The van der Waals surface area contributed by atoms with E-state index in [1.54, 1.807) is 0 Å². The van der Waals surface area contributed by atoms with Gasteiger partial charge in [-0.05, 0) is 24.0 Å². The molecule has 5 heteroatoms. The van der Waals surface area contributed by atoms with Gasteiger partial charge in [-0.3, -0.25) is 4.79 Å². The standard InChI is InChI=1S/C15H19F2NO2/c16-10-7-11(14(18)13(17)8-10)12(15(19)20)6-9-4-2-1-3-5-9/h7-9,12H,1-6,18H2,(H,19,20). The van der Waals surface area contributed by atoms with Gasteiger partial charge in [0.05, 0.1) is 11.6 Å². The summed E-state index contributed by atoms with van der Waals surface area (Å²) in [5.41, 5.74) is 5.39. The first kappa shape index (κ1) is 14.8. The average Bonchev–Trinajstić information content (AvgIpc) is 2.41. The summed E-state index contributed by atoms with van der Waals surface area (Å²) >= 11 is 0. The molecule has 1 aliphatic carbocycles. The summed E-state index contributed by atoms with van der Waals surface area (Å²) in [7, 11) is 0. The third kappa shape index (κ3) is 3.26. The molecule has 1 fully saturated rings. The molecule has 2 rings (SSSR count). The molecule has 0 saturated heterocycles. The van der Waals surface area contributed by atoms with Crippen LogP contribution in [0.25, 0.3) is 0 Å². The monoisotopic (exact) mass is 283 g/mol. The van der Waals surface area contributed by atoms with Crippen LogP contribution < -0.4 is 5.73 Å². The Hall–Kier alpha value is -1.65. The summed E-state index contributed by atoms with van der Waals surface area (Å²) < 4.78 is 26.8. The molecule has 1 atom stereocenters. The van der Waals surface area contributed by atoms with E-state index in [0.29, 0.717) is 12.5 Å². The van der Waals surface area contributed by atoms with Crippen molar-refractivity contribution < 1.29 is 18.7 Å². The number of anilines is 1. The van der Waals surface area contributed by atoms with E-state index in [1.807, 2.05) is 0 Å². The van der Waals surface area contributed by atoms with E-state index >= 15 is 0 Å². The lowest BCUT2D eigenvalue weighted by molar-refractivity contribution is -0.139. The third-order valence-corrected chi connectivity index (χ3v) is 4.09. The van der Waals surface area contributed by atoms with E-state index in [1.165, 1.54) is 6.42 Å². The number of aliphatic carboxylic acids is 1. The maximum absolute atomic E-state index is 13.5. The number of rotatable bonds is 4. The van der Waals surface area contributed by atoms with E-state index in [4.69, 9.17) is 5.73 Å². The molecule has 110 valence electrons. The maximum Gasteiger partial charge on any atom is 0.311 e. The SMILES string of the molecule is Nc1c(F)cc(F)cc1C(CC1CCCCC1)C(=O)O. The van der Waals surface area contributed by atoms with Crippen molar-refractivity contribution in [3.63, 3.8) is 0 Å². The number of nitrogens with two attached hydrogens (primary N) is 1. The van der Waals surface area contributed by atoms with Gasteiger partial charge in [-0.15, -0.1) is 0 Å². The number of halogens is 2. The molecule has 0 aromatic heterocycles. The van der Waals surface area contributed by atoms with Crippen LogP contribution in [0.5, 0.6) is 0 Å². The lowest BCUT2D eigenvalue weighted by Gasteiger charge is -2.25. The highest BCUT2D eigenvalue weighted by atomic mass is 19.1. The van der Waals surface area contributed by atoms with Gasteiger partial charge in [0.25, 0.3) is 0 Å². The average molecular weight is 283 g/mol. The predicted octanol–water partition coefficient (Wildman–Crippen LogP) is 3.69. The molecule has 20 heavy (non-hydrogen) atoms. The molecule has 3 N–H and O–H groups in total. The van der Waals surface area contributed by atoms with Gasteiger partial charge in [0, 0.05) is 6.07 Å². The minimum Gasteiger partial charge on any atom is -0.481 e. The molecular formula is C15H19F2NO2. The topological polar surface area (TPSA) is 63.3 Å². The van der Waals surface area contributed by atoms with Crippen LogP contribution >= 0.6 is 0 Å². The Balaban J connectivity index is 2.26. The second-order valence-electron chi connectivity index (χ2n) is 5.52. The first-order chi connectivity index (χ1) is 9.49. The molecule has 0 aliphatic heterocycles. The normalized spacial score (nSPS) is 17.9. The second kappa shape index (κ2) is 6.20. The molecule has 1 aromatic rings. The number of carboxylic acid groups (broad SMARTS) is 1. The fraction of sp³-hybridized carbons (Fsp3) is 0.533. The number of carbonyl (C=O) groups is 1. The number of hydrogen-bond acceptors (Lipinski definition) is 2. The van der Waals surface area contributed by atoms with Crippen molar-refractivity contribution in [2.45, 2.75) is 44.4 Å². The Morgan fingerprint density at radius 2 is 1.95 bits per heavy atom. The Bertz CT molecular complexity index is 499. The van der Waals surface area contributed by atoms with Crippen LogP contribution in [0.15, 0.2) is 12.1 Å². The zero-order valence-corrected chi connectivity index (χ0v) is 11.2. The summed E-state index contributed by atoms with van der Waals surface area (Å²) in [4.78, 5) is 11.4. The lowest BCUT2D eigenvalue weighted by Crippen LogP contribution is -2.19. The zero-order valence-electron chi connectivity index (χ0n) is 11.2. The van der Waals surface area contributed by atoms with E-state index in [2.05, 4.69) is 0 Å². The Kier molecular flexibility index (Phi) is 4.57. The van der Waals surface area contributed by atoms with Gasteiger partial charge in [0.2, 0.25) is 0 Å². The fourth-order valence-electron chi connectivity index (χ4n) is 3.01. The van der Waals surface area contributed by atoms with Crippen molar-refractivity contribution in [2.24, 2.45) is 5.92 Å². The molecule has 0 radical (unpaired) electrons. The highest BCUT2D eigenvalue weighted by Gasteiger charge is 2.28. The highest BCUT2D eigenvalue weighted by molar-refractivity contribution is 5.78. The first-order valence-corrected chi connectivity index (χ1v) is 6.96. The van der Waals surface area contributed by atoms with Crippen LogP contribution in [0.3, 0.4) is 0 Å². The maximum atomic E-state index is 13.5. The van der Waals surface area contributed by atoms with Crippen LogP contribution in [0.1, 0.15) is 50.0 Å². The van der Waals surface area contributed by atoms with Crippen molar-refractivity contribution in [1.82, 2.24) is 0 Å². The van der Waals surface area contributed by atoms with Gasteiger partial charge in [0.15, 0.2) is 0 Å². The number of nitrogen functional groups attached to an aromatic ring is 1. The molecule has 1 unspecified atom stereocenters. The van der Waals surface area contributed by atoms with E-state index in [-0.39, 0.29) is 17.2 Å². The predicted molar refractivity (Wildman–Crippen MR) is 72.3 cm³/mol. The smallest absolute Gasteiger partial charge is 0.311 e. The largest absolute Gasteiger partial charge is 0.481 e. The molecule has 1 aromatic carbocycles. The molecule has 0 amide bonds. The first-order valence-electron chi connectivity index (χ1n) is 6.96. The molecule has 1 aliphatic rings. The molecule has 0 spiro atoms. The van der Waals surface area contributed by atoms with Crippen molar-refractivity contribution in [2.75, 3.05) is 5.73 Å². The van der Waals surface area contributed by atoms with Crippen molar-refractivity contribution >= 4 is 11.7 Å². The summed E-state index contributed by atoms with van der Waals surface area (Å²) in [6.07, 6.45) is 5.68. The van der Waals surface area contributed by atoms with Crippen LogP contribution in [0.2, 0.25) is 0 Å². The zero-order chi connectivity index (χ0) is 14.7. The minimum absolute atomic E-state index is 0.0561. The minimum atomic E-state index is -1.08. The van der Waals surface area contributed by atoms with Crippen LogP contribution in [0, 0.1) is 17.6 Å². The quantitative estimate of drug-likeness (QED) is 0.828. The van der Waals surface area contributed by atoms with Gasteiger partial charge < -0.3 is 10.8 Å². The summed E-state index contributed by atoms with van der Waals surface area (Å²) in [5.74, 6) is -3.41. The second-order valence-corrected chi connectivity index (χ2v) is 5.52. The summed E-state index contributed by atoms with van der Waals surface area (Å²) in [6, 6.07) is 1.72. The van der Waals surface area contributed by atoms with Gasteiger partial charge in [-0.25, -0.2) is 8.78 Å². The molecular weight excluding hydrogens is 264 g/mol. The van der Waals surface area contributed by atoms with Gasteiger partial charge >= 0.3 is 5.97 Å². The van der Waals surface area contributed by atoms with Crippen molar-refractivity contribution in [1.29, 1.82) is 0 Å². The molecule has 1 saturated carbocycles. The van der Waals surface area contributed by atoms with Crippen LogP contribution in [-0.4, -0.2) is 11.1 Å². The fourth-order valence-corrected chi connectivity index (χ4v) is 3.01. The number of benzene rings is 1.